The van der Waals surface area contributed by atoms with E-state index in [1.54, 1.807) is 33.7 Å². The molecule has 134 valence electrons. The molecule has 3 rings (SSSR count). The van der Waals surface area contributed by atoms with E-state index >= 15 is 0 Å². The van der Waals surface area contributed by atoms with Gasteiger partial charge in [-0.3, -0.25) is 10.4 Å². The topological polar surface area (TPSA) is 77.9 Å². The summed E-state index contributed by atoms with van der Waals surface area (Å²) in [5.74, 6) is 2.30. The van der Waals surface area contributed by atoms with Crippen molar-refractivity contribution in [2.45, 2.75) is 6.92 Å². The summed E-state index contributed by atoms with van der Waals surface area (Å²) in [5.41, 5.74) is 5.38. The van der Waals surface area contributed by atoms with E-state index in [0.29, 0.717) is 23.1 Å². The molecule has 0 atom stereocenters. The van der Waals surface area contributed by atoms with Crippen molar-refractivity contribution < 1.29 is 14.2 Å². The first-order chi connectivity index (χ1) is 12.7. The Morgan fingerprint density at radius 1 is 1.04 bits per heavy atom. The molecule has 7 heteroatoms. The number of nitrogens with one attached hydrogen (secondary N) is 1. The molecular weight excluding hydrogens is 332 g/mol. The van der Waals surface area contributed by atoms with Crippen LogP contribution < -0.4 is 19.6 Å². The van der Waals surface area contributed by atoms with Crippen LogP contribution in [0.25, 0.3) is 10.9 Å². The second-order valence-electron chi connectivity index (χ2n) is 5.49. The molecule has 1 aromatic carbocycles. The third-order valence-corrected chi connectivity index (χ3v) is 3.86. The Labute approximate surface area is 151 Å². The molecule has 0 aliphatic carbocycles. The van der Waals surface area contributed by atoms with Gasteiger partial charge < -0.3 is 14.2 Å². The fourth-order valence-electron chi connectivity index (χ4n) is 2.73. The van der Waals surface area contributed by atoms with Crippen LogP contribution in [0.4, 0.5) is 5.82 Å². The predicted octanol–water partition coefficient (Wildman–Crippen LogP) is 3.41. The maximum Gasteiger partial charge on any atom is 0.204 e. The molecule has 0 aliphatic rings. The van der Waals surface area contributed by atoms with Gasteiger partial charge in [-0.25, -0.2) is 4.98 Å². The standard InChI is InChI=1S/C19H20N4O3/c1-12-9-16(23-21-11-13-7-5-6-8-20-13)22-14-10-15(24-2)18(25-3)19(26-4)17(12)14/h5-11H,1-4H3,(H,22,23)/b21-11+. The van der Waals surface area contributed by atoms with Gasteiger partial charge in [0.1, 0.15) is 5.82 Å². The molecule has 3 aromatic rings. The lowest BCUT2D eigenvalue weighted by molar-refractivity contribution is 0.327. The molecule has 2 heterocycles. The number of aryl methyl sites for hydroxylation is 1. The van der Waals surface area contributed by atoms with Gasteiger partial charge in [-0.15, -0.1) is 0 Å². The van der Waals surface area contributed by atoms with Gasteiger partial charge in [0.2, 0.25) is 5.75 Å². The molecule has 0 fully saturated rings. The average molecular weight is 352 g/mol. The monoisotopic (exact) mass is 352 g/mol. The maximum atomic E-state index is 5.55. The fraction of sp³-hybridized carbons (Fsp3) is 0.211. The van der Waals surface area contributed by atoms with Crippen LogP contribution in [0.15, 0.2) is 41.6 Å². The normalized spacial score (nSPS) is 10.9. The maximum absolute atomic E-state index is 5.55. The van der Waals surface area contributed by atoms with Gasteiger partial charge in [0.25, 0.3) is 0 Å². The number of benzene rings is 1. The van der Waals surface area contributed by atoms with Gasteiger partial charge >= 0.3 is 0 Å². The highest BCUT2D eigenvalue weighted by Gasteiger charge is 2.18. The molecule has 0 amide bonds. The SMILES string of the molecule is COc1cc2nc(N/N=C/c3ccccn3)cc(C)c2c(OC)c1OC. The molecule has 0 saturated carbocycles. The van der Waals surface area contributed by atoms with E-state index in [4.69, 9.17) is 14.2 Å². The number of aromatic nitrogens is 2. The summed E-state index contributed by atoms with van der Waals surface area (Å²) in [6, 6.07) is 9.34. The third-order valence-electron chi connectivity index (χ3n) is 3.86. The predicted molar refractivity (Wildman–Crippen MR) is 102 cm³/mol. The Balaban J connectivity index is 2.00. The molecular formula is C19H20N4O3. The molecule has 0 unspecified atom stereocenters. The van der Waals surface area contributed by atoms with E-state index in [2.05, 4.69) is 20.5 Å². The smallest absolute Gasteiger partial charge is 0.204 e. The number of pyridine rings is 2. The van der Waals surface area contributed by atoms with Gasteiger partial charge in [0.15, 0.2) is 11.5 Å². The molecule has 7 nitrogen and oxygen atoms in total. The van der Waals surface area contributed by atoms with E-state index in [9.17, 15) is 0 Å². The van der Waals surface area contributed by atoms with Crippen LogP contribution in [0.2, 0.25) is 0 Å². The lowest BCUT2D eigenvalue weighted by Gasteiger charge is -2.16. The second-order valence-corrected chi connectivity index (χ2v) is 5.49. The number of rotatable bonds is 6. The summed E-state index contributed by atoms with van der Waals surface area (Å²) in [7, 11) is 4.76. The Hall–Kier alpha value is -3.35. The number of fused-ring (bicyclic) bond motifs is 1. The zero-order chi connectivity index (χ0) is 18.5. The molecule has 0 aliphatic heterocycles. The van der Waals surface area contributed by atoms with E-state index in [1.165, 1.54) is 0 Å². The van der Waals surface area contributed by atoms with Crippen LogP contribution in [0.5, 0.6) is 17.2 Å². The van der Waals surface area contributed by atoms with Crippen molar-refractivity contribution in [2.75, 3.05) is 26.8 Å². The summed E-state index contributed by atoms with van der Waals surface area (Å²) in [4.78, 5) is 8.78. The summed E-state index contributed by atoms with van der Waals surface area (Å²) in [6.07, 6.45) is 3.35. The van der Waals surface area contributed by atoms with E-state index in [1.807, 2.05) is 37.3 Å². The third kappa shape index (κ3) is 3.37. The van der Waals surface area contributed by atoms with E-state index in [-0.39, 0.29) is 0 Å². The Morgan fingerprint density at radius 3 is 2.50 bits per heavy atom. The first-order valence-electron chi connectivity index (χ1n) is 7.98. The molecule has 0 bridgehead atoms. The van der Waals surface area contributed by atoms with Crippen molar-refractivity contribution in [3.05, 3.63) is 47.8 Å². The Bertz CT molecular complexity index is 943. The number of hydrogen-bond acceptors (Lipinski definition) is 7. The molecule has 2 aromatic heterocycles. The molecule has 0 radical (unpaired) electrons. The zero-order valence-corrected chi connectivity index (χ0v) is 15.1. The molecule has 0 saturated heterocycles. The average Bonchev–Trinajstić information content (AvgIpc) is 2.67. The summed E-state index contributed by atoms with van der Waals surface area (Å²) in [5, 5.41) is 5.06. The number of anilines is 1. The highest BCUT2D eigenvalue weighted by molar-refractivity contribution is 5.94. The lowest BCUT2D eigenvalue weighted by atomic mass is 10.1. The molecule has 1 N–H and O–H groups in total. The molecule has 26 heavy (non-hydrogen) atoms. The van der Waals surface area contributed by atoms with E-state index < -0.39 is 0 Å². The second kappa shape index (κ2) is 7.69. The van der Waals surface area contributed by atoms with Crippen molar-refractivity contribution in [1.82, 2.24) is 9.97 Å². The summed E-state index contributed by atoms with van der Waals surface area (Å²) in [6.45, 7) is 1.98. The first-order valence-corrected chi connectivity index (χ1v) is 7.98. The van der Waals surface area contributed by atoms with Crippen molar-refractivity contribution >= 4 is 22.9 Å². The van der Waals surface area contributed by atoms with Crippen LogP contribution in [-0.2, 0) is 0 Å². The van der Waals surface area contributed by atoms with Gasteiger partial charge in [0, 0.05) is 17.6 Å². The van der Waals surface area contributed by atoms with Gasteiger partial charge in [-0.2, -0.15) is 5.10 Å². The van der Waals surface area contributed by atoms with Gasteiger partial charge in [-0.1, -0.05) is 6.07 Å². The van der Waals surface area contributed by atoms with Crippen LogP contribution in [0, 0.1) is 6.92 Å². The first kappa shape index (κ1) is 17.5. The number of nitrogens with zero attached hydrogens (tertiary/aromatic N) is 3. The lowest BCUT2D eigenvalue weighted by Crippen LogP contribution is -2.00. The van der Waals surface area contributed by atoms with Crippen molar-refractivity contribution in [2.24, 2.45) is 5.10 Å². The number of ether oxygens (including phenoxy) is 3. The van der Waals surface area contributed by atoms with Crippen LogP contribution in [-0.4, -0.2) is 37.5 Å². The minimum absolute atomic E-state index is 0.543. The van der Waals surface area contributed by atoms with Gasteiger partial charge in [0.05, 0.1) is 38.8 Å². The zero-order valence-electron chi connectivity index (χ0n) is 15.1. The highest BCUT2D eigenvalue weighted by Crippen LogP contribution is 2.44. The van der Waals surface area contributed by atoms with Crippen LogP contribution in [0.1, 0.15) is 11.3 Å². The van der Waals surface area contributed by atoms with Crippen molar-refractivity contribution in [1.29, 1.82) is 0 Å². The molecule has 0 spiro atoms. The number of hydrazone groups is 1. The summed E-state index contributed by atoms with van der Waals surface area (Å²) < 4.78 is 16.4. The van der Waals surface area contributed by atoms with Crippen LogP contribution >= 0.6 is 0 Å². The quantitative estimate of drug-likeness (QED) is 0.541. The Kier molecular flexibility index (Phi) is 5.17. The number of methoxy groups -OCH3 is 3. The largest absolute Gasteiger partial charge is 0.493 e. The van der Waals surface area contributed by atoms with Crippen LogP contribution in [0.3, 0.4) is 0 Å². The highest BCUT2D eigenvalue weighted by atomic mass is 16.5. The minimum Gasteiger partial charge on any atom is -0.493 e. The van der Waals surface area contributed by atoms with Crippen molar-refractivity contribution in [3.8, 4) is 17.2 Å². The number of hydrogen-bond donors (Lipinski definition) is 1. The van der Waals surface area contributed by atoms with Gasteiger partial charge in [-0.05, 0) is 30.7 Å². The minimum atomic E-state index is 0.543. The fourth-order valence-corrected chi connectivity index (χ4v) is 2.73. The Morgan fingerprint density at radius 2 is 1.85 bits per heavy atom. The van der Waals surface area contributed by atoms with Crippen molar-refractivity contribution in [3.63, 3.8) is 0 Å². The van der Waals surface area contributed by atoms with E-state index in [0.717, 1.165) is 22.2 Å². The summed E-state index contributed by atoms with van der Waals surface area (Å²) >= 11 is 0.